The minimum Gasteiger partial charge on any atom is -0.324 e. The van der Waals surface area contributed by atoms with Crippen molar-refractivity contribution < 1.29 is 4.79 Å². The predicted molar refractivity (Wildman–Crippen MR) is 70.8 cm³/mol. The van der Waals surface area contributed by atoms with Crippen molar-refractivity contribution in [2.24, 2.45) is 0 Å². The number of rotatable bonds is 2. The first kappa shape index (κ1) is 13.0. The van der Waals surface area contributed by atoms with Crippen LogP contribution in [0, 0.1) is 0 Å². The first-order valence-corrected chi connectivity index (χ1v) is 6.23. The number of hydrogen-bond acceptors (Lipinski definition) is 1. The zero-order valence-corrected chi connectivity index (χ0v) is 12.2. The fraction of sp³-hybridized carbons (Fsp3) is 0.300. The van der Waals surface area contributed by atoms with Gasteiger partial charge in [0, 0.05) is 0 Å². The number of carbonyl (C=O) groups excluding carboxylic acids is 1. The molecule has 1 aromatic rings. The van der Waals surface area contributed by atoms with Crippen LogP contribution in [0.1, 0.15) is 13.8 Å². The number of carbonyl (C=O) groups is 1. The van der Waals surface area contributed by atoms with Gasteiger partial charge in [0.05, 0.1) is 19.5 Å². The average molecular weight is 355 g/mol. The predicted octanol–water partition coefficient (Wildman–Crippen LogP) is 4.21. The minimum atomic E-state index is -0.602. The summed E-state index contributed by atoms with van der Waals surface area (Å²) in [6.07, 6.45) is 0. The number of anilines is 1. The number of halogens is 3. The van der Waals surface area contributed by atoms with Crippen molar-refractivity contribution in [3.63, 3.8) is 0 Å². The Morgan fingerprint density at radius 3 is 2.60 bits per heavy atom. The standard InChI is InChI=1S/C10H10Br2ClNO/c1-10(2,12)9(15)14-7-5-3-4-6(13)8(7)11/h3-5H,1-2H3,(H,14,15). The zero-order valence-electron chi connectivity index (χ0n) is 8.27. The Bertz CT molecular complexity index is 387. The summed E-state index contributed by atoms with van der Waals surface area (Å²) in [6, 6.07) is 5.32. The van der Waals surface area contributed by atoms with E-state index in [1.165, 1.54) is 0 Å². The van der Waals surface area contributed by atoms with Crippen molar-refractivity contribution in [1.29, 1.82) is 0 Å². The largest absolute Gasteiger partial charge is 0.324 e. The maximum Gasteiger partial charge on any atom is 0.240 e. The van der Waals surface area contributed by atoms with Crippen molar-refractivity contribution in [1.82, 2.24) is 0 Å². The van der Waals surface area contributed by atoms with Crippen LogP contribution in [-0.4, -0.2) is 10.2 Å². The first-order valence-electron chi connectivity index (χ1n) is 4.27. The molecule has 0 fully saturated rings. The van der Waals surface area contributed by atoms with Crippen molar-refractivity contribution in [3.8, 4) is 0 Å². The van der Waals surface area contributed by atoms with E-state index in [2.05, 4.69) is 37.2 Å². The Morgan fingerprint density at radius 2 is 2.07 bits per heavy atom. The van der Waals surface area contributed by atoms with Gasteiger partial charge in [0.25, 0.3) is 0 Å². The lowest BCUT2D eigenvalue weighted by Crippen LogP contribution is -2.31. The summed E-state index contributed by atoms with van der Waals surface area (Å²) in [7, 11) is 0. The van der Waals surface area contributed by atoms with Gasteiger partial charge in [-0.05, 0) is 41.9 Å². The van der Waals surface area contributed by atoms with E-state index in [1.807, 2.05) is 0 Å². The maximum absolute atomic E-state index is 11.7. The summed E-state index contributed by atoms with van der Waals surface area (Å²) in [5.41, 5.74) is 0.667. The molecule has 0 saturated heterocycles. The molecule has 0 aromatic heterocycles. The van der Waals surface area contributed by atoms with Gasteiger partial charge in [-0.2, -0.15) is 0 Å². The van der Waals surface area contributed by atoms with Gasteiger partial charge in [0.2, 0.25) is 5.91 Å². The fourth-order valence-corrected chi connectivity index (χ4v) is 1.51. The molecule has 0 spiro atoms. The van der Waals surface area contributed by atoms with Crippen LogP contribution in [0.15, 0.2) is 22.7 Å². The van der Waals surface area contributed by atoms with Gasteiger partial charge in [-0.15, -0.1) is 0 Å². The molecule has 0 unspecified atom stereocenters. The highest BCUT2D eigenvalue weighted by molar-refractivity contribution is 9.10. The van der Waals surface area contributed by atoms with E-state index in [0.717, 1.165) is 0 Å². The SMILES string of the molecule is CC(C)(Br)C(=O)Nc1cccc(Cl)c1Br. The van der Waals surface area contributed by atoms with Gasteiger partial charge >= 0.3 is 0 Å². The van der Waals surface area contributed by atoms with E-state index >= 15 is 0 Å². The third kappa shape index (κ3) is 3.47. The highest BCUT2D eigenvalue weighted by Crippen LogP contribution is 2.31. The average Bonchev–Trinajstić information content (AvgIpc) is 2.11. The maximum atomic E-state index is 11.7. The van der Waals surface area contributed by atoms with Gasteiger partial charge < -0.3 is 5.32 Å². The van der Waals surface area contributed by atoms with Crippen LogP contribution in [0.5, 0.6) is 0 Å². The van der Waals surface area contributed by atoms with Gasteiger partial charge in [-0.25, -0.2) is 0 Å². The Labute approximate surface area is 111 Å². The molecule has 0 aliphatic carbocycles. The second-order valence-corrected chi connectivity index (χ2v) is 6.71. The molecule has 0 aliphatic rings. The number of nitrogens with one attached hydrogen (secondary N) is 1. The molecular formula is C10H10Br2ClNO. The van der Waals surface area contributed by atoms with E-state index in [-0.39, 0.29) is 5.91 Å². The summed E-state index contributed by atoms with van der Waals surface area (Å²) in [4.78, 5) is 11.7. The van der Waals surface area contributed by atoms with Gasteiger partial charge in [-0.3, -0.25) is 4.79 Å². The lowest BCUT2D eigenvalue weighted by atomic mass is 10.2. The highest BCUT2D eigenvalue weighted by atomic mass is 79.9. The molecule has 0 atom stereocenters. The van der Waals surface area contributed by atoms with E-state index in [9.17, 15) is 4.79 Å². The summed E-state index contributed by atoms with van der Waals surface area (Å²) in [5.74, 6) is -0.120. The lowest BCUT2D eigenvalue weighted by Gasteiger charge is -2.16. The molecule has 0 heterocycles. The summed E-state index contributed by atoms with van der Waals surface area (Å²) in [6.45, 7) is 3.56. The number of hydrogen-bond donors (Lipinski definition) is 1. The van der Waals surface area contributed by atoms with E-state index in [0.29, 0.717) is 15.2 Å². The van der Waals surface area contributed by atoms with Gasteiger partial charge in [0.1, 0.15) is 0 Å². The molecule has 1 amide bonds. The second-order valence-electron chi connectivity index (χ2n) is 3.53. The second kappa shape index (κ2) is 4.85. The van der Waals surface area contributed by atoms with Crippen LogP contribution in [0.3, 0.4) is 0 Å². The molecule has 0 aliphatic heterocycles. The molecule has 1 aromatic carbocycles. The number of amides is 1. The third-order valence-electron chi connectivity index (χ3n) is 1.74. The molecule has 5 heteroatoms. The quantitative estimate of drug-likeness (QED) is 0.791. The molecule has 82 valence electrons. The van der Waals surface area contributed by atoms with Crippen LogP contribution < -0.4 is 5.32 Å². The fourth-order valence-electron chi connectivity index (χ4n) is 0.871. The van der Waals surface area contributed by atoms with Crippen LogP contribution >= 0.6 is 43.5 Å². The highest BCUT2D eigenvalue weighted by Gasteiger charge is 2.24. The minimum absolute atomic E-state index is 0.120. The van der Waals surface area contributed by atoms with Gasteiger partial charge in [-0.1, -0.05) is 33.6 Å². The topological polar surface area (TPSA) is 29.1 Å². The number of alkyl halides is 1. The third-order valence-corrected chi connectivity index (χ3v) is 3.50. The van der Waals surface area contributed by atoms with Crippen LogP contribution in [0.2, 0.25) is 5.02 Å². The van der Waals surface area contributed by atoms with Crippen LogP contribution in [0.25, 0.3) is 0 Å². The Hall–Kier alpha value is -0.0600. The molecule has 0 saturated carbocycles. The van der Waals surface area contributed by atoms with Crippen LogP contribution in [-0.2, 0) is 4.79 Å². The monoisotopic (exact) mass is 353 g/mol. The molecule has 2 nitrogen and oxygen atoms in total. The van der Waals surface area contributed by atoms with Gasteiger partial charge in [0.15, 0.2) is 0 Å². The first-order chi connectivity index (χ1) is 6.82. The lowest BCUT2D eigenvalue weighted by molar-refractivity contribution is -0.117. The molecule has 15 heavy (non-hydrogen) atoms. The smallest absolute Gasteiger partial charge is 0.240 e. The number of benzene rings is 1. The molecule has 0 radical (unpaired) electrons. The van der Waals surface area contributed by atoms with Crippen molar-refractivity contribution >= 4 is 55.1 Å². The Morgan fingerprint density at radius 1 is 1.47 bits per heavy atom. The van der Waals surface area contributed by atoms with E-state index in [4.69, 9.17) is 11.6 Å². The molecule has 0 bridgehead atoms. The molecule has 1 rings (SSSR count). The van der Waals surface area contributed by atoms with Crippen molar-refractivity contribution in [2.45, 2.75) is 18.2 Å². The summed E-state index contributed by atoms with van der Waals surface area (Å²) in [5, 5.41) is 3.34. The Balaban J connectivity index is 2.91. The summed E-state index contributed by atoms with van der Waals surface area (Å²) < 4.78 is 0.0890. The van der Waals surface area contributed by atoms with Crippen LogP contribution in [0.4, 0.5) is 5.69 Å². The molecule has 1 N–H and O–H groups in total. The van der Waals surface area contributed by atoms with E-state index in [1.54, 1.807) is 32.0 Å². The Kier molecular flexibility index (Phi) is 4.20. The van der Waals surface area contributed by atoms with Crippen molar-refractivity contribution in [2.75, 3.05) is 5.32 Å². The molecular weight excluding hydrogens is 345 g/mol. The van der Waals surface area contributed by atoms with Crippen molar-refractivity contribution in [3.05, 3.63) is 27.7 Å². The normalized spacial score (nSPS) is 11.3. The van der Waals surface area contributed by atoms with E-state index < -0.39 is 4.32 Å². The summed E-state index contributed by atoms with van der Waals surface area (Å²) >= 11 is 12.5. The zero-order chi connectivity index (χ0) is 11.6.